The maximum Gasteiger partial charge on any atom is 0.244 e. The second-order valence-corrected chi connectivity index (χ2v) is 4.85. The van der Waals surface area contributed by atoms with Crippen molar-refractivity contribution in [2.45, 2.75) is 13.8 Å². The van der Waals surface area contributed by atoms with E-state index in [-0.39, 0.29) is 17.7 Å². The standard InChI is InChI=1S/C16H22N2O3/c1-12(2)16(20)18-10-9-17-15(19)8-7-13-5-4-6-14(11-13)21-3/h4-8,11-12H,9-10H2,1-3H3,(H,17,19)(H,18,20). The highest BCUT2D eigenvalue weighted by molar-refractivity contribution is 5.91. The van der Waals surface area contributed by atoms with Gasteiger partial charge in [-0.1, -0.05) is 26.0 Å². The highest BCUT2D eigenvalue weighted by Gasteiger charge is 2.04. The van der Waals surface area contributed by atoms with Crippen molar-refractivity contribution in [3.05, 3.63) is 35.9 Å². The molecule has 0 heterocycles. The van der Waals surface area contributed by atoms with Crippen molar-refractivity contribution in [1.29, 1.82) is 0 Å². The van der Waals surface area contributed by atoms with E-state index in [1.807, 2.05) is 38.1 Å². The third-order valence-electron chi connectivity index (χ3n) is 2.77. The zero-order valence-electron chi connectivity index (χ0n) is 12.7. The first-order chi connectivity index (χ1) is 10.0. The Morgan fingerprint density at radius 3 is 2.62 bits per heavy atom. The van der Waals surface area contributed by atoms with Crippen LogP contribution < -0.4 is 15.4 Å². The fourth-order valence-electron chi connectivity index (χ4n) is 1.55. The van der Waals surface area contributed by atoms with E-state index in [4.69, 9.17) is 4.74 Å². The highest BCUT2D eigenvalue weighted by Crippen LogP contribution is 2.13. The van der Waals surface area contributed by atoms with Crippen LogP contribution in [0.25, 0.3) is 6.08 Å². The van der Waals surface area contributed by atoms with Gasteiger partial charge in [0, 0.05) is 25.1 Å². The fourth-order valence-corrected chi connectivity index (χ4v) is 1.55. The van der Waals surface area contributed by atoms with Crippen LogP contribution in [0.1, 0.15) is 19.4 Å². The average molecular weight is 290 g/mol. The van der Waals surface area contributed by atoms with Gasteiger partial charge < -0.3 is 15.4 Å². The maximum atomic E-state index is 11.6. The van der Waals surface area contributed by atoms with Gasteiger partial charge in [-0.15, -0.1) is 0 Å². The van der Waals surface area contributed by atoms with E-state index in [9.17, 15) is 9.59 Å². The lowest BCUT2D eigenvalue weighted by atomic mass is 10.2. The summed E-state index contributed by atoms with van der Waals surface area (Å²) in [7, 11) is 1.60. The molecule has 0 fully saturated rings. The Labute approximate surface area is 125 Å². The summed E-state index contributed by atoms with van der Waals surface area (Å²) in [6, 6.07) is 7.43. The molecule has 0 aliphatic rings. The van der Waals surface area contributed by atoms with E-state index in [1.165, 1.54) is 6.08 Å². The smallest absolute Gasteiger partial charge is 0.244 e. The fraction of sp³-hybridized carbons (Fsp3) is 0.375. The quantitative estimate of drug-likeness (QED) is 0.592. The lowest BCUT2D eigenvalue weighted by molar-refractivity contribution is -0.124. The van der Waals surface area contributed by atoms with Crippen LogP contribution in [0.15, 0.2) is 30.3 Å². The number of rotatable bonds is 7. The van der Waals surface area contributed by atoms with Gasteiger partial charge >= 0.3 is 0 Å². The van der Waals surface area contributed by atoms with Gasteiger partial charge in [0.25, 0.3) is 0 Å². The molecule has 21 heavy (non-hydrogen) atoms. The molecule has 0 aliphatic heterocycles. The molecular formula is C16H22N2O3. The minimum absolute atomic E-state index is 0.0174. The molecule has 0 saturated heterocycles. The number of ether oxygens (including phenoxy) is 1. The summed E-state index contributed by atoms with van der Waals surface area (Å²) < 4.78 is 5.11. The van der Waals surface area contributed by atoms with Crippen molar-refractivity contribution >= 4 is 17.9 Å². The lowest BCUT2D eigenvalue weighted by Crippen LogP contribution is -2.35. The van der Waals surface area contributed by atoms with Crippen LogP contribution >= 0.6 is 0 Å². The Balaban J connectivity index is 2.33. The van der Waals surface area contributed by atoms with Crippen LogP contribution in [-0.4, -0.2) is 32.0 Å². The molecule has 114 valence electrons. The summed E-state index contributed by atoms with van der Waals surface area (Å²) >= 11 is 0. The summed E-state index contributed by atoms with van der Waals surface area (Å²) in [4.78, 5) is 22.9. The molecule has 2 N–H and O–H groups in total. The van der Waals surface area contributed by atoms with Gasteiger partial charge in [0.15, 0.2) is 0 Å². The van der Waals surface area contributed by atoms with Crippen LogP contribution in [0, 0.1) is 5.92 Å². The van der Waals surface area contributed by atoms with E-state index < -0.39 is 0 Å². The highest BCUT2D eigenvalue weighted by atomic mass is 16.5. The number of amides is 2. The molecule has 0 radical (unpaired) electrons. The van der Waals surface area contributed by atoms with Crippen LogP contribution in [0.5, 0.6) is 5.75 Å². The van der Waals surface area contributed by atoms with Crippen molar-refractivity contribution in [3.63, 3.8) is 0 Å². The van der Waals surface area contributed by atoms with Crippen LogP contribution in [0.3, 0.4) is 0 Å². The Hall–Kier alpha value is -2.30. The normalized spacial score (nSPS) is 10.7. The van der Waals surface area contributed by atoms with Crippen molar-refractivity contribution in [3.8, 4) is 5.75 Å². The van der Waals surface area contributed by atoms with E-state index in [0.717, 1.165) is 11.3 Å². The monoisotopic (exact) mass is 290 g/mol. The number of nitrogens with one attached hydrogen (secondary N) is 2. The zero-order chi connectivity index (χ0) is 15.7. The van der Waals surface area contributed by atoms with Crippen LogP contribution in [0.2, 0.25) is 0 Å². The summed E-state index contributed by atoms with van der Waals surface area (Å²) in [5, 5.41) is 5.44. The predicted molar refractivity (Wildman–Crippen MR) is 82.9 cm³/mol. The minimum Gasteiger partial charge on any atom is -0.497 e. The zero-order valence-corrected chi connectivity index (χ0v) is 12.7. The van der Waals surface area contributed by atoms with Crippen molar-refractivity contribution in [2.24, 2.45) is 5.92 Å². The third kappa shape index (κ3) is 6.61. The molecule has 0 aromatic heterocycles. The first-order valence-corrected chi connectivity index (χ1v) is 6.90. The number of carbonyl (C=O) groups is 2. The van der Waals surface area contributed by atoms with Crippen LogP contribution in [-0.2, 0) is 9.59 Å². The van der Waals surface area contributed by atoms with Crippen molar-refractivity contribution < 1.29 is 14.3 Å². The molecule has 0 atom stereocenters. The Bertz CT molecular complexity index is 510. The number of methoxy groups -OCH3 is 1. The van der Waals surface area contributed by atoms with E-state index in [1.54, 1.807) is 13.2 Å². The SMILES string of the molecule is COc1cccc(C=CC(=O)NCCNC(=O)C(C)C)c1. The first-order valence-electron chi connectivity index (χ1n) is 6.90. The Morgan fingerprint density at radius 1 is 1.24 bits per heavy atom. The van der Waals surface area contributed by atoms with Gasteiger partial charge in [-0.05, 0) is 23.8 Å². The summed E-state index contributed by atoms with van der Waals surface area (Å²) in [6.45, 7) is 4.48. The topological polar surface area (TPSA) is 67.4 Å². The van der Waals surface area contributed by atoms with E-state index in [2.05, 4.69) is 10.6 Å². The van der Waals surface area contributed by atoms with Gasteiger partial charge in [-0.2, -0.15) is 0 Å². The summed E-state index contributed by atoms with van der Waals surface area (Å²) in [6.07, 6.45) is 3.17. The van der Waals surface area contributed by atoms with Crippen molar-refractivity contribution in [2.75, 3.05) is 20.2 Å². The van der Waals surface area contributed by atoms with Gasteiger partial charge in [0.05, 0.1) is 7.11 Å². The van der Waals surface area contributed by atoms with E-state index in [0.29, 0.717) is 13.1 Å². The van der Waals surface area contributed by atoms with Crippen molar-refractivity contribution in [1.82, 2.24) is 10.6 Å². The van der Waals surface area contributed by atoms with Gasteiger partial charge in [0.2, 0.25) is 11.8 Å². The second-order valence-electron chi connectivity index (χ2n) is 4.85. The Morgan fingerprint density at radius 2 is 1.95 bits per heavy atom. The predicted octanol–water partition coefficient (Wildman–Crippen LogP) is 1.60. The number of carbonyl (C=O) groups excluding carboxylic acids is 2. The largest absolute Gasteiger partial charge is 0.497 e. The molecule has 5 heteroatoms. The Kier molecular flexibility index (Phi) is 7.01. The van der Waals surface area contributed by atoms with E-state index >= 15 is 0 Å². The van der Waals surface area contributed by atoms with Gasteiger partial charge in [0.1, 0.15) is 5.75 Å². The molecule has 1 aromatic rings. The average Bonchev–Trinajstić information content (AvgIpc) is 2.49. The minimum atomic E-state index is -0.198. The second kappa shape index (κ2) is 8.79. The molecule has 0 saturated carbocycles. The van der Waals surface area contributed by atoms with Crippen LogP contribution in [0.4, 0.5) is 0 Å². The third-order valence-corrected chi connectivity index (χ3v) is 2.77. The summed E-state index contributed by atoms with van der Waals surface area (Å²) in [5.41, 5.74) is 0.887. The molecule has 0 aliphatic carbocycles. The molecule has 5 nitrogen and oxygen atoms in total. The lowest BCUT2D eigenvalue weighted by Gasteiger charge is -2.07. The number of benzene rings is 1. The van der Waals surface area contributed by atoms with Gasteiger partial charge in [-0.3, -0.25) is 9.59 Å². The first kappa shape index (κ1) is 16.8. The molecule has 0 bridgehead atoms. The van der Waals surface area contributed by atoms with Gasteiger partial charge in [-0.25, -0.2) is 0 Å². The number of hydrogen-bond donors (Lipinski definition) is 2. The molecule has 1 rings (SSSR count). The molecule has 0 spiro atoms. The molecule has 0 unspecified atom stereocenters. The number of hydrogen-bond acceptors (Lipinski definition) is 3. The molecule has 1 aromatic carbocycles. The maximum absolute atomic E-state index is 11.6. The molecular weight excluding hydrogens is 268 g/mol. The molecule has 2 amide bonds. The summed E-state index contributed by atoms with van der Waals surface area (Å²) in [5.74, 6) is 0.482.